The average Bonchev–Trinajstić information content (AvgIpc) is 2.48. The summed E-state index contributed by atoms with van der Waals surface area (Å²) < 4.78 is 4.91. The summed E-state index contributed by atoms with van der Waals surface area (Å²) in [5, 5.41) is 3.54. The summed E-state index contributed by atoms with van der Waals surface area (Å²) in [6, 6.07) is 0.666. The van der Waals surface area contributed by atoms with Gasteiger partial charge in [-0.3, -0.25) is 4.79 Å². The van der Waals surface area contributed by atoms with E-state index in [9.17, 15) is 4.79 Å². The molecule has 3 heteroatoms. The van der Waals surface area contributed by atoms with Gasteiger partial charge in [-0.05, 0) is 39.7 Å². The summed E-state index contributed by atoms with van der Waals surface area (Å²) in [5.74, 6) is -0.0384. The third kappa shape index (κ3) is 15.6. The van der Waals surface area contributed by atoms with Crippen molar-refractivity contribution in [3.63, 3.8) is 0 Å². The van der Waals surface area contributed by atoms with Gasteiger partial charge in [0.1, 0.15) is 0 Å². The van der Waals surface area contributed by atoms with Gasteiger partial charge in [0, 0.05) is 12.5 Å². The molecule has 1 atom stereocenters. The molecule has 0 saturated carbocycles. The molecule has 0 spiro atoms. The van der Waals surface area contributed by atoms with Gasteiger partial charge in [-0.25, -0.2) is 0 Å². The molecule has 0 aliphatic heterocycles. The number of ether oxygens (including phenoxy) is 1. The Labute approximate surface area is 132 Å². The zero-order valence-electron chi connectivity index (χ0n) is 14.6. The predicted octanol–water partition coefficient (Wildman–Crippen LogP) is 4.84. The Morgan fingerprint density at radius 1 is 0.905 bits per heavy atom. The van der Waals surface area contributed by atoms with Crippen molar-refractivity contribution in [3.05, 3.63) is 0 Å². The fourth-order valence-electron chi connectivity index (χ4n) is 2.36. The number of carbonyl (C=O) groups is 1. The number of nitrogens with one attached hydrogen (secondary N) is 1. The van der Waals surface area contributed by atoms with Crippen molar-refractivity contribution in [2.45, 2.75) is 97.4 Å². The minimum Gasteiger partial charge on any atom is -0.466 e. The third-order valence-electron chi connectivity index (χ3n) is 3.97. The molecule has 0 aromatic rings. The largest absolute Gasteiger partial charge is 0.466 e. The Kier molecular flexibility index (Phi) is 15.4. The van der Waals surface area contributed by atoms with Crippen molar-refractivity contribution < 1.29 is 9.53 Å². The second-order valence-electron chi connectivity index (χ2n) is 6.00. The van der Waals surface area contributed by atoms with Crippen LogP contribution in [0.15, 0.2) is 0 Å². The fraction of sp³-hybridized carbons (Fsp3) is 0.944. The topological polar surface area (TPSA) is 38.3 Å². The van der Waals surface area contributed by atoms with Crippen molar-refractivity contribution >= 4 is 5.97 Å². The molecule has 21 heavy (non-hydrogen) atoms. The lowest BCUT2D eigenvalue weighted by molar-refractivity contribution is -0.143. The number of carbonyl (C=O) groups excluding carboxylic acids is 1. The molecule has 0 radical (unpaired) electrons. The van der Waals surface area contributed by atoms with Crippen molar-refractivity contribution in [2.24, 2.45) is 0 Å². The Bertz CT molecular complexity index is 231. The number of hydrogen-bond acceptors (Lipinski definition) is 3. The zero-order chi connectivity index (χ0) is 15.8. The van der Waals surface area contributed by atoms with Crippen LogP contribution in [0.25, 0.3) is 0 Å². The van der Waals surface area contributed by atoms with E-state index in [4.69, 9.17) is 4.74 Å². The van der Waals surface area contributed by atoms with E-state index in [1.165, 1.54) is 57.9 Å². The lowest BCUT2D eigenvalue weighted by Gasteiger charge is -2.10. The summed E-state index contributed by atoms with van der Waals surface area (Å²) in [4.78, 5) is 11.1. The Morgan fingerprint density at radius 3 is 1.95 bits per heavy atom. The fourth-order valence-corrected chi connectivity index (χ4v) is 2.36. The number of esters is 1. The number of hydrogen-bond donors (Lipinski definition) is 1. The molecule has 0 saturated heterocycles. The van der Waals surface area contributed by atoms with E-state index in [0.717, 1.165) is 12.8 Å². The summed E-state index contributed by atoms with van der Waals surface area (Å²) >= 11 is 0. The van der Waals surface area contributed by atoms with E-state index in [1.807, 2.05) is 6.92 Å². The van der Waals surface area contributed by atoms with Crippen LogP contribution in [0.1, 0.15) is 91.4 Å². The molecule has 0 heterocycles. The molecule has 0 aliphatic carbocycles. The Hall–Kier alpha value is -0.570. The molecule has 1 N–H and O–H groups in total. The van der Waals surface area contributed by atoms with E-state index in [2.05, 4.69) is 19.2 Å². The second kappa shape index (κ2) is 15.8. The maximum absolute atomic E-state index is 11.1. The molecule has 0 fully saturated rings. The highest BCUT2D eigenvalue weighted by Gasteiger charge is 2.00. The van der Waals surface area contributed by atoms with Crippen molar-refractivity contribution in [1.29, 1.82) is 0 Å². The highest BCUT2D eigenvalue weighted by Crippen LogP contribution is 2.10. The minimum atomic E-state index is -0.0384. The SMILES string of the molecule is CCOC(=O)CCCCCCCCCCCNC(C)CC. The van der Waals surface area contributed by atoms with Crippen LogP contribution in [0.2, 0.25) is 0 Å². The van der Waals surface area contributed by atoms with Gasteiger partial charge in [0.15, 0.2) is 0 Å². The van der Waals surface area contributed by atoms with Gasteiger partial charge in [0.25, 0.3) is 0 Å². The molecule has 126 valence electrons. The molecule has 0 aliphatic rings. The number of unbranched alkanes of at least 4 members (excludes halogenated alkanes) is 8. The van der Waals surface area contributed by atoms with Gasteiger partial charge < -0.3 is 10.1 Å². The zero-order valence-corrected chi connectivity index (χ0v) is 14.6. The monoisotopic (exact) mass is 299 g/mol. The quantitative estimate of drug-likeness (QED) is 0.347. The first kappa shape index (κ1) is 20.4. The van der Waals surface area contributed by atoms with Crippen LogP contribution in [0.3, 0.4) is 0 Å². The second-order valence-corrected chi connectivity index (χ2v) is 6.00. The molecule has 0 aromatic heterocycles. The highest BCUT2D eigenvalue weighted by molar-refractivity contribution is 5.69. The Morgan fingerprint density at radius 2 is 1.43 bits per heavy atom. The first-order valence-corrected chi connectivity index (χ1v) is 9.09. The molecular weight excluding hydrogens is 262 g/mol. The molecule has 0 bridgehead atoms. The van der Waals surface area contributed by atoms with E-state index < -0.39 is 0 Å². The lowest BCUT2D eigenvalue weighted by Crippen LogP contribution is -2.25. The summed E-state index contributed by atoms with van der Waals surface area (Å²) in [7, 11) is 0. The Balaban J connectivity index is 3.07. The van der Waals surface area contributed by atoms with E-state index in [0.29, 0.717) is 19.1 Å². The van der Waals surface area contributed by atoms with Crippen LogP contribution < -0.4 is 5.32 Å². The summed E-state index contributed by atoms with van der Waals surface area (Å²) in [6.07, 6.45) is 13.3. The van der Waals surface area contributed by atoms with E-state index in [-0.39, 0.29) is 5.97 Å². The molecular formula is C18H37NO2. The third-order valence-corrected chi connectivity index (χ3v) is 3.97. The molecule has 1 unspecified atom stereocenters. The molecule has 0 rings (SSSR count). The lowest BCUT2D eigenvalue weighted by atomic mass is 10.1. The van der Waals surface area contributed by atoms with Crippen LogP contribution in [0.4, 0.5) is 0 Å². The van der Waals surface area contributed by atoms with Crippen LogP contribution in [0.5, 0.6) is 0 Å². The number of rotatable bonds is 15. The van der Waals surface area contributed by atoms with Crippen molar-refractivity contribution in [1.82, 2.24) is 5.32 Å². The maximum Gasteiger partial charge on any atom is 0.305 e. The molecule has 0 aromatic carbocycles. The van der Waals surface area contributed by atoms with Gasteiger partial charge in [0.2, 0.25) is 0 Å². The minimum absolute atomic E-state index is 0.0384. The van der Waals surface area contributed by atoms with E-state index >= 15 is 0 Å². The normalized spacial score (nSPS) is 12.3. The van der Waals surface area contributed by atoms with E-state index in [1.54, 1.807) is 0 Å². The van der Waals surface area contributed by atoms with Gasteiger partial charge in [0.05, 0.1) is 6.61 Å². The van der Waals surface area contributed by atoms with Crippen molar-refractivity contribution in [2.75, 3.05) is 13.2 Å². The summed E-state index contributed by atoms with van der Waals surface area (Å²) in [5.41, 5.74) is 0. The van der Waals surface area contributed by atoms with Crippen LogP contribution in [-0.4, -0.2) is 25.2 Å². The van der Waals surface area contributed by atoms with Crippen LogP contribution in [0, 0.1) is 0 Å². The first-order chi connectivity index (χ1) is 10.2. The molecule has 0 amide bonds. The predicted molar refractivity (Wildman–Crippen MR) is 90.6 cm³/mol. The van der Waals surface area contributed by atoms with Crippen LogP contribution in [-0.2, 0) is 9.53 Å². The summed E-state index contributed by atoms with van der Waals surface area (Å²) in [6.45, 7) is 8.01. The highest BCUT2D eigenvalue weighted by atomic mass is 16.5. The van der Waals surface area contributed by atoms with Gasteiger partial charge >= 0.3 is 5.97 Å². The molecule has 3 nitrogen and oxygen atoms in total. The standard InChI is InChI=1S/C18H37NO2/c1-4-17(3)19-16-14-12-10-8-6-7-9-11-13-15-18(20)21-5-2/h17,19H,4-16H2,1-3H3. The van der Waals surface area contributed by atoms with Gasteiger partial charge in [-0.1, -0.05) is 51.9 Å². The first-order valence-electron chi connectivity index (χ1n) is 9.09. The smallest absolute Gasteiger partial charge is 0.305 e. The van der Waals surface area contributed by atoms with Gasteiger partial charge in [-0.2, -0.15) is 0 Å². The maximum atomic E-state index is 11.1. The van der Waals surface area contributed by atoms with Gasteiger partial charge in [-0.15, -0.1) is 0 Å². The average molecular weight is 299 g/mol. The van der Waals surface area contributed by atoms with Crippen LogP contribution >= 0.6 is 0 Å². The van der Waals surface area contributed by atoms with Crippen molar-refractivity contribution in [3.8, 4) is 0 Å².